The van der Waals surface area contributed by atoms with Crippen molar-refractivity contribution in [1.29, 1.82) is 0 Å². The number of rotatable bonds is 4. The van der Waals surface area contributed by atoms with Crippen molar-refractivity contribution >= 4 is 54.1 Å². The molecular weight excluding hydrogens is 410 g/mol. The molecule has 0 spiro atoms. The first-order valence-electron chi connectivity index (χ1n) is 9.66. The number of anilines is 1. The molecule has 5 aromatic rings. The molecule has 4 nitrogen and oxygen atoms in total. The van der Waals surface area contributed by atoms with Crippen LogP contribution in [-0.2, 0) is 6.54 Å². The van der Waals surface area contributed by atoms with Gasteiger partial charge in [0.1, 0.15) is 0 Å². The maximum atomic E-state index is 13.6. The molecule has 6 heteroatoms. The van der Waals surface area contributed by atoms with Gasteiger partial charge in [0.15, 0.2) is 5.13 Å². The molecule has 0 radical (unpaired) electrons. The molecule has 30 heavy (non-hydrogen) atoms. The Morgan fingerprint density at radius 3 is 2.60 bits per heavy atom. The van der Waals surface area contributed by atoms with E-state index in [9.17, 15) is 4.79 Å². The molecule has 1 amide bonds. The van der Waals surface area contributed by atoms with E-state index in [1.165, 1.54) is 5.56 Å². The lowest BCUT2D eigenvalue weighted by Crippen LogP contribution is -2.30. The zero-order valence-electron chi connectivity index (χ0n) is 16.6. The Hall–Kier alpha value is -3.09. The third-order valence-electron chi connectivity index (χ3n) is 5.17. The molecule has 0 unspecified atom stereocenters. The van der Waals surface area contributed by atoms with Crippen molar-refractivity contribution in [1.82, 2.24) is 9.97 Å². The molecule has 0 aliphatic carbocycles. The minimum absolute atomic E-state index is 0.0523. The summed E-state index contributed by atoms with van der Waals surface area (Å²) in [6.07, 6.45) is 0. The zero-order chi connectivity index (χ0) is 20.7. The Labute approximate surface area is 182 Å². The summed E-state index contributed by atoms with van der Waals surface area (Å²) < 4.78 is 2.14. The highest BCUT2D eigenvalue weighted by Crippen LogP contribution is 2.34. The summed E-state index contributed by atoms with van der Waals surface area (Å²) in [7, 11) is 0. The van der Waals surface area contributed by atoms with E-state index in [2.05, 4.69) is 31.0 Å². The lowest BCUT2D eigenvalue weighted by Gasteiger charge is -2.20. The van der Waals surface area contributed by atoms with Crippen molar-refractivity contribution < 1.29 is 4.79 Å². The van der Waals surface area contributed by atoms with Gasteiger partial charge in [-0.05, 0) is 48.7 Å². The molecule has 2 aromatic heterocycles. The van der Waals surface area contributed by atoms with Gasteiger partial charge in [0.05, 0.1) is 32.5 Å². The van der Waals surface area contributed by atoms with E-state index in [1.807, 2.05) is 48.5 Å². The first-order valence-corrected chi connectivity index (χ1v) is 11.4. The van der Waals surface area contributed by atoms with E-state index in [-0.39, 0.29) is 5.91 Å². The second-order valence-electron chi connectivity index (χ2n) is 7.29. The molecule has 148 valence electrons. The lowest BCUT2D eigenvalue weighted by molar-refractivity contribution is 0.0985. The maximum absolute atomic E-state index is 13.6. The minimum Gasteiger partial charge on any atom is -0.279 e. The molecule has 0 N–H and O–H groups in total. The van der Waals surface area contributed by atoms with Gasteiger partial charge in [-0.2, -0.15) is 0 Å². The molecular formula is C24H19N3OS2. The van der Waals surface area contributed by atoms with Crippen LogP contribution in [-0.4, -0.2) is 15.9 Å². The van der Waals surface area contributed by atoms with Crippen LogP contribution in [0.3, 0.4) is 0 Å². The van der Waals surface area contributed by atoms with Crippen LogP contribution in [0.1, 0.15) is 27.0 Å². The van der Waals surface area contributed by atoms with Crippen LogP contribution < -0.4 is 4.90 Å². The van der Waals surface area contributed by atoms with Gasteiger partial charge in [-0.15, -0.1) is 11.3 Å². The van der Waals surface area contributed by atoms with Crippen molar-refractivity contribution in [3.63, 3.8) is 0 Å². The molecule has 0 aliphatic heterocycles. The second kappa shape index (κ2) is 7.63. The van der Waals surface area contributed by atoms with Gasteiger partial charge < -0.3 is 0 Å². The Bertz CT molecular complexity index is 1330. The molecule has 0 atom stereocenters. The topological polar surface area (TPSA) is 46.1 Å². The zero-order valence-corrected chi connectivity index (χ0v) is 18.3. The van der Waals surface area contributed by atoms with E-state index in [0.717, 1.165) is 36.7 Å². The first-order chi connectivity index (χ1) is 14.6. The standard InChI is InChI=1S/C24H19N3OS2/c1-15-8-9-16(2)22-21(15)26-24(30-22)27(13-17-6-4-3-5-7-17)23(28)18-10-11-19-20(12-18)29-14-25-19/h3-12,14H,13H2,1-2H3. The van der Waals surface area contributed by atoms with Crippen molar-refractivity contribution in [3.8, 4) is 0 Å². The molecule has 0 saturated heterocycles. The van der Waals surface area contributed by atoms with E-state index in [1.54, 1.807) is 33.1 Å². The molecule has 3 aromatic carbocycles. The van der Waals surface area contributed by atoms with E-state index >= 15 is 0 Å². The fourth-order valence-corrected chi connectivity index (χ4v) is 5.33. The summed E-state index contributed by atoms with van der Waals surface area (Å²) in [5.41, 5.74) is 7.71. The number of nitrogens with zero attached hydrogens (tertiary/aromatic N) is 3. The van der Waals surface area contributed by atoms with Crippen molar-refractivity contribution in [2.24, 2.45) is 0 Å². The number of hydrogen-bond donors (Lipinski definition) is 0. The number of benzene rings is 3. The molecule has 0 saturated carbocycles. The summed E-state index contributed by atoms with van der Waals surface area (Å²) in [5.74, 6) is -0.0523. The third kappa shape index (κ3) is 3.38. The number of fused-ring (bicyclic) bond motifs is 2. The number of hydrogen-bond acceptors (Lipinski definition) is 5. The Morgan fingerprint density at radius 1 is 1.00 bits per heavy atom. The van der Waals surface area contributed by atoms with Gasteiger partial charge in [-0.1, -0.05) is 53.8 Å². The highest BCUT2D eigenvalue weighted by atomic mass is 32.1. The minimum atomic E-state index is -0.0523. The van der Waals surface area contributed by atoms with Gasteiger partial charge in [-0.25, -0.2) is 9.97 Å². The van der Waals surface area contributed by atoms with Crippen LogP contribution in [0.2, 0.25) is 0 Å². The predicted octanol–water partition coefficient (Wildman–Crippen LogP) is 6.37. The summed E-state index contributed by atoms with van der Waals surface area (Å²) >= 11 is 3.12. The number of thiazole rings is 2. The van der Waals surface area contributed by atoms with Gasteiger partial charge in [-0.3, -0.25) is 9.69 Å². The molecule has 0 aliphatic rings. The Morgan fingerprint density at radius 2 is 1.80 bits per heavy atom. The first kappa shape index (κ1) is 18.9. The number of amides is 1. The molecule has 2 heterocycles. The van der Waals surface area contributed by atoms with Crippen LogP contribution in [0.15, 0.2) is 66.2 Å². The molecule has 5 rings (SSSR count). The highest BCUT2D eigenvalue weighted by Gasteiger charge is 2.23. The largest absolute Gasteiger partial charge is 0.279 e. The normalized spacial score (nSPS) is 11.3. The smallest absolute Gasteiger partial charge is 0.260 e. The maximum Gasteiger partial charge on any atom is 0.260 e. The number of aromatic nitrogens is 2. The summed E-state index contributed by atoms with van der Waals surface area (Å²) in [5, 5.41) is 0.723. The average molecular weight is 430 g/mol. The van der Waals surface area contributed by atoms with Crippen molar-refractivity contribution in [2.45, 2.75) is 20.4 Å². The predicted molar refractivity (Wildman–Crippen MR) is 126 cm³/mol. The van der Waals surface area contributed by atoms with Gasteiger partial charge in [0.25, 0.3) is 5.91 Å². The van der Waals surface area contributed by atoms with Gasteiger partial charge >= 0.3 is 0 Å². The van der Waals surface area contributed by atoms with E-state index in [0.29, 0.717) is 12.1 Å². The second-order valence-corrected chi connectivity index (χ2v) is 9.15. The van der Waals surface area contributed by atoms with E-state index < -0.39 is 0 Å². The molecule has 0 fully saturated rings. The van der Waals surface area contributed by atoms with Gasteiger partial charge in [0, 0.05) is 5.56 Å². The monoisotopic (exact) mass is 429 g/mol. The average Bonchev–Trinajstić information content (AvgIpc) is 3.42. The van der Waals surface area contributed by atoms with Crippen LogP contribution in [0.5, 0.6) is 0 Å². The fraction of sp³-hybridized carbons (Fsp3) is 0.125. The SMILES string of the molecule is Cc1ccc(C)c2sc(N(Cc3ccccc3)C(=O)c3ccc4ncsc4c3)nc12. The summed E-state index contributed by atoms with van der Waals surface area (Å²) in [4.78, 5) is 24.6. The highest BCUT2D eigenvalue weighted by molar-refractivity contribution is 7.22. The number of aryl methyl sites for hydroxylation is 2. The van der Waals surface area contributed by atoms with Crippen molar-refractivity contribution in [3.05, 3.63) is 88.4 Å². The van der Waals surface area contributed by atoms with Crippen LogP contribution in [0.4, 0.5) is 5.13 Å². The van der Waals surface area contributed by atoms with Crippen LogP contribution in [0, 0.1) is 13.8 Å². The van der Waals surface area contributed by atoms with Crippen molar-refractivity contribution in [2.75, 3.05) is 4.90 Å². The number of carbonyl (C=O) groups is 1. The van der Waals surface area contributed by atoms with Crippen LogP contribution in [0.25, 0.3) is 20.4 Å². The lowest BCUT2D eigenvalue weighted by atomic mass is 10.1. The third-order valence-corrected chi connectivity index (χ3v) is 7.17. The van der Waals surface area contributed by atoms with E-state index in [4.69, 9.17) is 4.98 Å². The summed E-state index contributed by atoms with van der Waals surface area (Å²) in [6, 6.07) is 19.9. The number of carbonyl (C=O) groups excluding carboxylic acids is 1. The quantitative estimate of drug-likeness (QED) is 0.333. The Balaban J connectivity index is 1.62. The Kier molecular flexibility index (Phi) is 4.81. The fourth-order valence-electron chi connectivity index (χ4n) is 3.50. The van der Waals surface area contributed by atoms with Gasteiger partial charge in [0.2, 0.25) is 0 Å². The summed E-state index contributed by atoms with van der Waals surface area (Å²) in [6.45, 7) is 4.62. The molecule has 0 bridgehead atoms. The van der Waals surface area contributed by atoms with Crippen LogP contribution >= 0.6 is 22.7 Å².